The molecule has 6 nitrogen and oxygen atoms in total. The molecule has 0 radical (unpaired) electrons. The lowest BCUT2D eigenvalue weighted by molar-refractivity contribution is -0.297. The third-order valence-corrected chi connectivity index (χ3v) is 2.86. The molecule has 0 aliphatic carbocycles. The van der Waals surface area contributed by atoms with E-state index in [4.69, 9.17) is 4.74 Å². The van der Waals surface area contributed by atoms with Crippen LogP contribution in [0.2, 0.25) is 0 Å². The zero-order chi connectivity index (χ0) is 12.3. The summed E-state index contributed by atoms with van der Waals surface area (Å²) in [6.45, 7) is 1.96. The van der Waals surface area contributed by atoms with Gasteiger partial charge in [0, 0.05) is 0 Å². The minimum Gasteiger partial charge on any atom is -0.390 e. The van der Waals surface area contributed by atoms with Crippen LogP contribution in [0.1, 0.15) is 26.2 Å². The molecule has 0 spiro atoms. The van der Waals surface area contributed by atoms with E-state index in [0.717, 1.165) is 12.8 Å². The van der Waals surface area contributed by atoms with Crippen LogP contribution in [-0.4, -0.2) is 62.3 Å². The summed E-state index contributed by atoms with van der Waals surface area (Å²) in [5.41, 5.74) is 0. The predicted molar refractivity (Wildman–Crippen MR) is 54.4 cm³/mol. The van der Waals surface area contributed by atoms with Gasteiger partial charge in [0.1, 0.15) is 24.4 Å². The van der Waals surface area contributed by atoms with Crippen molar-refractivity contribution in [2.45, 2.75) is 63.0 Å². The number of aliphatic hydroxyl groups excluding tert-OH is 5. The fraction of sp³-hybridized carbons (Fsp3) is 1.00. The second-order valence-electron chi connectivity index (χ2n) is 4.17. The highest BCUT2D eigenvalue weighted by Gasteiger charge is 2.45. The standard InChI is InChI=1S/C10H20O6/c1-2-3-4-5(11)9-7(13)6(12)8(14)10(15)16-9/h5-15H,2-4H2,1H3/t5-,6-,7-,8+,9+,10?/m0/s1. The van der Waals surface area contributed by atoms with Crippen LogP contribution in [0.25, 0.3) is 0 Å². The van der Waals surface area contributed by atoms with E-state index in [0.29, 0.717) is 6.42 Å². The number of hydrogen-bond acceptors (Lipinski definition) is 6. The number of rotatable bonds is 4. The number of unbranched alkanes of at least 4 members (excludes halogenated alkanes) is 1. The van der Waals surface area contributed by atoms with Crippen LogP contribution in [0.4, 0.5) is 0 Å². The van der Waals surface area contributed by atoms with Gasteiger partial charge >= 0.3 is 0 Å². The Bertz CT molecular complexity index is 211. The Kier molecular flexibility index (Phi) is 5.10. The van der Waals surface area contributed by atoms with Crippen LogP contribution in [0, 0.1) is 0 Å². The largest absolute Gasteiger partial charge is 0.390 e. The molecule has 1 fully saturated rings. The van der Waals surface area contributed by atoms with Crippen LogP contribution in [0.3, 0.4) is 0 Å². The Morgan fingerprint density at radius 3 is 2.25 bits per heavy atom. The van der Waals surface area contributed by atoms with Crippen molar-refractivity contribution >= 4 is 0 Å². The SMILES string of the molecule is CCCC[C@H](O)[C@H]1OC(O)[C@H](O)[C@@H](O)[C@@H]1O. The van der Waals surface area contributed by atoms with Gasteiger partial charge in [-0.05, 0) is 6.42 Å². The van der Waals surface area contributed by atoms with E-state index in [1.54, 1.807) is 0 Å². The zero-order valence-electron chi connectivity index (χ0n) is 9.23. The third-order valence-electron chi connectivity index (χ3n) is 2.86. The second-order valence-corrected chi connectivity index (χ2v) is 4.17. The van der Waals surface area contributed by atoms with Gasteiger partial charge in [-0.25, -0.2) is 0 Å². The smallest absolute Gasteiger partial charge is 0.184 e. The average Bonchev–Trinajstić information content (AvgIpc) is 2.28. The topological polar surface area (TPSA) is 110 Å². The van der Waals surface area contributed by atoms with Crippen LogP contribution in [0.5, 0.6) is 0 Å². The minimum absolute atomic E-state index is 0.410. The fourth-order valence-electron chi connectivity index (χ4n) is 1.78. The summed E-state index contributed by atoms with van der Waals surface area (Å²) in [5, 5.41) is 47.2. The van der Waals surface area contributed by atoms with Gasteiger partial charge in [0.25, 0.3) is 0 Å². The van der Waals surface area contributed by atoms with E-state index in [1.165, 1.54) is 0 Å². The predicted octanol–water partition coefficient (Wildman–Crippen LogP) is -1.66. The Balaban J connectivity index is 2.59. The molecule has 1 saturated heterocycles. The second kappa shape index (κ2) is 5.90. The van der Waals surface area contributed by atoms with Crippen LogP contribution in [0.15, 0.2) is 0 Å². The first-order chi connectivity index (χ1) is 7.49. The molecule has 0 bridgehead atoms. The molecular formula is C10H20O6. The summed E-state index contributed by atoms with van der Waals surface area (Å²) < 4.78 is 4.89. The molecule has 0 aromatic heterocycles. The van der Waals surface area contributed by atoms with E-state index in [1.807, 2.05) is 6.92 Å². The maximum Gasteiger partial charge on any atom is 0.184 e. The van der Waals surface area contributed by atoms with Crippen molar-refractivity contribution in [1.29, 1.82) is 0 Å². The zero-order valence-corrected chi connectivity index (χ0v) is 9.23. The molecule has 1 aliphatic heterocycles. The molecule has 96 valence electrons. The molecular weight excluding hydrogens is 216 g/mol. The molecule has 6 atom stereocenters. The number of hydrogen-bond donors (Lipinski definition) is 5. The van der Waals surface area contributed by atoms with Gasteiger partial charge in [-0.3, -0.25) is 0 Å². The van der Waals surface area contributed by atoms with Gasteiger partial charge in [-0.1, -0.05) is 19.8 Å². The van der Waals surface area contributed by atoms with Gasteiger partial charge in [-0.2, -0.15) is 0 Å². The molecule has 1 unspecified atom stereocenters. The highest BCUT2D eigenvalue weighted by Crippen LogP contribution is 2.23. The summed E-state index contributed by atoms with van der Waals surface area (Å²) in [6, 6.07) is 0. The maximum atomic E-state index is 9.71. The summed E-state index contributed by atoms with van der Waals surface area (Å²) in [7, 11) is 0. The molecule has 5 N–H and O–H groups in total. The first kappa shape index (κ1) is 13.8. The lowest BCUT2D eigenvalue weighted by atomic mass is 9.93. The van der Waals surface area contributed by atoms with E-state index in [2.05, 4.69) is 0 Å². The van der Waals surface area contributed by atoms with E-state index in [9.17, 15) is 25.5 Å². The Hall–Kier alpha value is -0.240. The average molecular weight is 236 g/mol. The van der Waals surface area contributed by atoms with E-state index in [-0.39, 0.29) is 0 Å². The van der Waals surface area contributed by atoms with Crippen molar-refractivity contribution in [3.05, 3.63) is 0 Å². The van der Waals surface area contributed by atoms with E-state index >= 15 is 0 Å². The summed E-state index contributed by atoms with van der Waals surface area (Å²) in [6.07, 6.45) is -6.03. The van der Waals surface area contributed by atoms with E-state index < -0.39 is 36.8 Å². The normalized spacial score (nSPS) is 42.0. The molecule has 0 aromatic carbocycles. The molecule has 0 aromatic rings. The van der Waals surface area contributed by atoms with Crippen LogP contribution in [-0.2, 0) is 4.74 Å². The van der Waals surface area contributed by atoms with Gasteiger partial charge < -0.3 is 30.3 Å². The molecule has 1 aliphatic rings. The highest BCUT2D eigenvalue weighted by molar-refractivity contribution is 4.91. The minimum atomic E-state index is -1.58. The van der Waals surface area contributed by atoms with Crippen molar-refractivity contribution in [2.24, 2.45) is 0 Å². The lowest BCUT2D eigenvalue weighted by Gasteiger charge is -2.40. The van der Waals surface area contributed by atoms with Crippen molar-refractivity contribution in [3.63, 3.8) is 0 Å². The van der Waals surface area contributed by atoms with Gasteiger partial charge in [0.05, 0.1) is 6.10 Å². The maximum absolute atomic E-state index is 9.71. The molecule has 16 heavy (non-hydrogen) atoms. The number of aliphatic hydroxyl groups is 5. The van der Waals surface area contributed by atoms with Crippen molar-refractivity contribution < 1.29 is 30.3 Å². The molecule has 0 saturated carbocycles. The van der Waals surface area contributed by atoms with Gasteiger partial charge in [0.15, 0.2) is 6.29 Å². The van der Waals surface area contributed by atoms with Crippen LogP contribution < -0.4 is 0 Å². The Labute approximate surface area is 94.1 Å². The lowest BCUT2D eigenvalue weighted by Crippen LogP contribution is -2.60. The number of ether oxygens (including phenoxy) is 1. The van der Waals surface area contributed by atoms with Gasteiger partial charge in [0.2, 0.25) is 0 Å². The first-order valence-electron chi connectivity index (χ1n) is 5.54. The van der Waals surface area contributed by atoms with Crippen molar-refractivity contribution in [1.82, 2.24) is 0 Å². The van der Waals surface area contributed by atoms with Gasteiger partial charge in [-0.15, -0.1) is 0 Å². The Morgan fingerprint density at radius 2 is 1.69 bits per heavy atom. The fourth-order valence-corrected chi connectivity index (χ4v) is 1.78. The van der Waals surface area contributed by atoms with Crippen LogP contribution >= 0.6 is 0 Å². The summed E-state index contributed by atoms with van der Waals surface area (Å²) in [5.74, 6) is 0. The molecule has 1 rings (SSSR count). The first-order valence-corrected chi connectivity index (χ1v) is 5.54. The third kappa shape index (κ3) is 2.91. The Morgan fingerprint density at radius 1 is 1.06 bits per heavy atom. The molecule has 0 amide bonds. The molecule has 1 heterocycles. The highest BCUT2D eigenvalue weighted by atomic mass is 16.6. The summed E-state index contributed by atoms with van der Waals surface area (Å²) >= 11 is 0. The van der Waals surface area contributed by atoms with Crippen molar-refractivity contribution in [2.75, 3.05) is 0 Å². The molecule has 6 heteroatoms. The quantitative estimate of drug-likeness (QED) is 0.399. The summed E-state index contributed by atoms with van der Waals surface area (Å²) in [4.78, 5) is 0. The monoisotopic (exact) mass is 236 g/mol. The van der Waals surface area contributed by atoms with Crippen molar-refractivity contribution in [3.8, 4) is 0 Å².